The molecular weight excluding hydrogens is 461 g/mol. The van der Waals surface area contributed by atoms with Crippen LogP contribution in [0, 0.1) is 11.7 Å². The summed E-state index contributed by atoms with van der Waals surface area (Å²) in [6.45, 7) is 0.262. The van der Waals surface area contributed by atoms with Gasteiger partial charge >= 0.3 is 0 Å². The molecular formula is C28H24FN3O4. The average molecular weight is 486 g/mol. The number of aromatic nitrogens is 2. The summed E-state index contributed by atoms with van der Waals surface area (Å²) < 4.78 is 26.6. The lowest BCUT2D eigenvalue weighted by Crippen LogP contribution is -2.05. The van der Waals surface area contributed by atoms with Gasteiger partial charge in [0.2, 0.25) is 6.41 Å². The summed E-state index contributed by atoms with van der Waals surface area (Å²) in [6.07, 6.45) is 8.30. The number of carbonyl (C=O) groups excluding carboxylic acids is 2. The van der Waals surface area contributed by atoms with Crippen molar-refractivity contribution in [2.45, 2.75) is 32.3 Å². The Labute approximate surface area is 207 Å². The first-order valence-electron chi connectivity index (χ1n) is 11.7. The Morgan fingerprint density at radius 3 is 2.75 bits per heavy atom. The first kappa shape index (κ1) is 23.4. The van der Waals surface area contributed by atoms with Gasteiger partial charge in [0, 0.05) is 54.5 Å². The monoisotopic (exact) mass is 485 g/mol. The molecule has 2 aromatic heterocycles. The third kappa shape index (κ3) is 5.66. The van der Waals surface area contributed by atoms with Crippen LogP contribution in [-0.2, 0) is 22.6 Å². The van der Waals surface area contributed by atoms with Crippen molar-refractivity contribution in [1.82, 2.24) is 9.97 Å². The Hall–Kier alpha value is -4.33. The molecule has 2 heterocycles. The summed E-state index contributed by atoms with van der Waals surface area (Å²) in [4.78, 5) is 31.8. The lowest BCUT2D eigenvalue weighted by atomic mass is 10.0. The zero-order chi connectivity index (χ0) is 24.9. The summed E-state index contributed by atoms with van der Waals surface area (Å²) in [6, 6.07) is 13.3. The molecule has 0 spiro atoms. The van der Waals surface area contributed by atoms with Gasteiger partial charge < -0.3 is 14.8 Å². The molecule has 0 radical (unpaired) electrons. The molecule has 0 atom stereocenters. The van der Waals surface area contributed by atoms with E-state index >= 15 is 0 Å². The molecule has 0 unspecified atom stereocenters. The largest absolute Gasteiger partial charge is 0.487 e. The van der Waals surface area contributed by atoms with E-state index in [4.69, 9.17) is 9.47 Å². The zero-order valence-corrected chi connectivity index (χ0v) is 19.4. The molecule has 1 N–H and O–H groups in total. The van der Waals surface area contributed by atoms with E-state index < -0.39 is 5.82 Å². The van der Waals surface area contributed by atoms with Gasteiger partial charge in [0.25, 0.3) is 0 Å². The number of pyridine rings is 2. The van der Waals surface area contributed by atoms with Crippen LogP contribution in [-0.4, -0.2) is 22.2 Å². The molecule has 1 aliphatic rings. The maximum Gasteiger partial charge on any atom is 0.211 e. The first-order valence-corrected chi connectivity index (χ1v) is 11.7. The number of fused-ring (bicyclic) bond motifs is 1. The van der Waals surface area contributed by atoms with Crippen LogP contribution in [0.2, 0.25) is 0 Å². The highest BCUT2D eigenvalue weighted by Crippen LogP contribution is 2.37. The van der Waals surface area contributed by atoms with E-state index in [1.165, 1.54) is 6.07 Å². The molecule has 36 heavy (non-hydrogen) atoms. The van der Waals surface area contributed by atoms with Gasteiger partial charge in [-0.15, -0.1) is 0 Å². The standard InChI is InChI=1S/C28H24FN3O4/c29-24-12-22(6-5-20(24)11-21(34)10-18-3-4-18)36-27-7-9-31-25-14-28(26(32-17-33)13-23(25)27)35-16-19-2-1-8-30-15-19/h1-2,5-9,12-15,17-18H,3-4,10-11,16H2,(H,32,33). The molecule has 2 aromatic carbocycles. The number of ether oxygens (including phenoxy) is 2. The highest BCUT2D eigenvalue weighted by molar-refractivity contribution is 5.93. The Morgan fingerprint density at radius 2 is 2.00 bits per heavy atom. The van der Waals surface area contributed by atoms with Crippen molar-refractivity contribution in [2.24, 2.45) is 5.92 Å². The van der Waals surface area contributed by atoms with Crippen LogP contribution >= 0.6 is 0 Å². The third-order valence-corrected chi connectivity index (χ3v) is 5.99. The number of benzene rings is 2. The van der Waals surface area contributed by atoms with Gasteiger partial charge in [-0.3, -0.25) is 19.6 Å². The fourth-order valence-electron chi connectivity index (χ4n) is 3.97. The number of ketones is 1. The second-order valence-electron chi connectivity index (χ2n) is 8.80. The minimum atomic E-state index is -0.482. The molecule has 0 bridgehead atoms. The van der Waals surface area contributed by atoms with E-state index in [0.717, 1.165) is 18.4 Å². The predicted octanol–water partition coefficient (Wildman–Crippen LogP) is 5.62. The number of nitrogens with zero attached hydrogens (tertiary/aromatic N) is 2. The van der Waals surface area contributed by atoms with Crippen molar-refractivity contribution >= 4 is 28.8 Å². The molecule has 8 heteroatoms. The highest BCUT2D eigenvalue weighted by atomic mass is 19.1. The second-order valence-corrected chi connectivity index (χ2v) is 8.80. The van der Waals surface area contributed by atoms with E-state index in [-0.39, 0.29) is 18.8 Å². The number of Topliss-reactive ketones (excluding diaryl/α,β-unsaturated/α-hetero) is 1. The van der Waals surface area contributed by atoms with E-state index in [1.54, 1.807) is 48.9 Å². The molecule has 1 amide bonds. The summed E-state index contributed by atoms with van der Waals surface area (Å²) in [5.41, 5.74) is 2.25. The van der Waals surface area contributed by atoms with Gasteiger partial charge in [-0.2, -0.15) is 0 Å². The summed E-state index contributed by atoms with van der Waals surface area (Å²) >= 11 is 0. The summed E-state index contributed by atoms with van der Waals surface area (Å²) in [7, 11) is 0. The lowest BCUT2D eigenvalue weighted by molar-refractivity contribution is -0.118. The van der Waals surface area contributed by atoms with E-state index in [0.29, 0.717) is 58.2 Å². The van der Waals surface area contributed by atoms with Crippen LogP contribution in [0.15, 0.2) is 67.1 Å². The van der Waals surface area contributed by atoms with Gasteiger partial charge in [-0.05, 0) is 48.6 Å². The quantitative estimate of drug-likeness (QED) is 0.277. The molecule has 5 rings (SSSR count). The topological polar surface area (TPSA) is 90.4 Å². The van der Waals surface area contributed by atoms with Gasteiger partial charge in [-0.25, -0.2) is 4.39 Å². The fraction of sp³-hybridized carbons (Fsp3) is 0.214. The van der Waals surface area contributed by atoms with Gasteiger partial charge in [0.1, 0.15) is 35.5 Å². The Kier molecular flexibility index (Phi) is 6.84. The van der Waals surface area contributed by atoms with Gasteiger partial charge in [0.15, 0.2) is 0 Å². The van der Waals surface area contributed by atoms with E-state index in [9.17, 15) is 14.0 Å². The molecule has 1 aliphatic carbocycles. The Balaban J connectivity index is 1.37. The van der Waals surface area contributed by atoms with Crippen molar-refractivity contribution in [1.29, 1.82) is 0 Å². The lowest BCUT2D eigenvalue weighted by Gasteiger charge is -2.14. The van der Waals surface area contributed by atoms with Crippen LogP contribution in [0.5, 0.6) is 17.2 Å². The van der Waals surface area contributed by atoms with Crippen LogP contribution in [0.4, 0.5) is 10.1 Å². The van der Waals surface area contributed by atoms with Gasteiger partial charge in [-0.1, -0.05) is 12.1 Å². The van der Waals surface area contributed by atoms with Crippen molar-refractivity contribution < 1.29 is 23.5 Å². The van der Waals surface area contributed by atoms with Crippen molar-refractivity contribution in [3.63, 3.8) is 0 Å². The second kappa shape index (κ2) is 10.5. The maximum absolute atomic E-state index is 14.7. The van der Waals surface area contributed by atoms with Crippen molar-refractivity contribution in [3.8, 4) is 17.2 Å². The van der Waals surface area contributed by atoms with Crippen LogP contribution < -0.4 is 14.8 Å². The molecule has 1 saturated carbocycles. The molecule has 4 aromatic rings. The molecule has 0 aliphatic heterocycles. The van der Waals surface area contributed by atoms with Gasteiger partial charge in [0.05, 0.1) is 11.2 Å². The maximum atomic E-state index is 14.7. The number of rotatable bonds is 11. The molecule has 1 fully saturated rings. The van der Waals surface area contributed by atoms with Crippen LogP contribution in [0.25, 0.3) is 10.9 Å². The number of amides is 1. The third-order valence-electron chi connectivity index (χ3n) is 5.99. The van der Waals surface area contributed by atoms with Crippen LogP contribution in [0.1, 0.15) is 30.4 Å². The molecule has 182 valence electrons. The van der Waals surface area contributed by atoms with Crippen LogP contribution in [0.3, 0.4) is 0 Å². The Bertz CT molecular complexity index is 1410. The normalized spacial score (nSPS) is 12.8. The average Bonchev–Trinajstić information content (AvgIpc) is 3.69. The zero-order valence-electron chi connectivity index (χ0n) is 19.4. The van der Waals surface area contributed by atoms with E-state index in [1.807, 2.05) is 12.1 Å². The first-order chi connectivity index (χ1) is 17.6. The summed E-state index contributed by atoms with van der Waals surface area (Å²) in [5.74, 6) is 1.22. The smallest absolute Gasteiger partial charge is 0.211 e. The minimum absolute atomic E-state index is 0.0574. The number of carbonyl (C=O) groups is 2. The molecule has 7 nitrogen and oxygen atoms in total. The summed E-state index contributed by atoms with van der Waals surface area (Å²) in [5, 5.41) is 3.26. The van der Waals surface area contributed by atoms with Crippen molar-refractivity contribution in [2.75, 3.05) is 5.32 Å². The Morgan fingerprint density at radius 1 is 1.11 bits per heavy atom. The van der Waals surface area contributed by atoms with Crippen molar-refractivity contribution in [3.05, 3.63) is 84.1 Å². The SMILES string of the molecule is O=CNc1cc2c(Oc3ccc(CC(=O)CC4CC4)c(F)c3)ccnc2cc1OCc1cccnc1. The fourth-order valence-corrected chi connectivity index (χ4v) is 3.97. The van der Waals surface area contributed by atoms with E-state index in [2.05, 4.69) is 15.3 Å². The number of anilines is 1. The number of hydrogen-bond donors (Lipinski definition) is 1. The highest BCUT2D eigenvalue weighted by Gasteiger charge is 2.24. The predicted molar refractivity (Wildman–Crippen MR) is 133 cm³/mol. The minimum Gasteiger partial charge on any atom is -0.487 e. The number of halogens is 1. The molecule has 0 saturated heterocycles. The number of hydrogen-bond acceptors (Lipinski definition) is 6. The number of nitrogens with one attached hydrogen (secondary N) is 1.